The molecule has 5 unspecified atom stereocenters. The summed E-state index contributed by atoms with van der Waals surface area (Å²) >= 11 is 0. The minimum atomic E-state index is -0.921. The number of rotatable bonds is 2. The normalized spacial score (nSPS) is 59.1. The van der Waals surface area contributed by atoms with Gasteiger partial charge in [-0.3, -0.25) is 4.79 Å². The summed E-state index contributed by atoms with van der Waals surface area (Å²) in [7, 11) is 0. The van der Waals surface area contributed by atoms with Crippen LogP contribution in [-0.4, -0.2) is 47.7 Å². The first kappa shape index (κ1) is 10.4. The van der Waals surface area contributed by atoms with Crippen LogP contribution in [0.2, 0.25) is 0 Å². The molecule has 5 nitrogen and oxygen atoms in total. The molecule has 6 bridgehead atoms. The Hall–Kier alpha value is -0.490. The molecule has 17 heavy (non-hydrogen) atoms. The number of fused-ring (bicyclic) bond motifs is 2. The van der Waals surface area contributed by atoms with Crippen molar-refractivity contribution >= 4 is 5.78 Å². The van der Waals surface area contributed by atoms with Crippen molar-refractivity contribution in [2.75, 3.05) is 6.61 Å². The molecular weight excluding hydrogens is 224 g/mol. The fourth-order valence-corrected chi connectivity index (χ4v) is 4.16. The van der Waals surface area contributed by atoms with Crippen molar-refractivity contribution in [3.63, 3.8) is 0 Å². The maximum Gasteiger partial charge on any atom is 0.170 e. The van der Waals surface area contributed by atoms with Crippen molar-refractivity contribution < 1.29 is 24.1 Å². The highest BCUT2D eigenvalue weighted by Crippen LogP contribution is 2.59. The van der Waals surface area contributed by atoms with Crippen LogP contribution in [0.15, 0.2) is 0 Å². The van der Waals surface area contributed by atoms with Gasteiger partial charge < -0.3 is 19.3 Å². The van der Waals surface area contributed by atoms with Gasteiger partial charge in [-0.15, -0.1) is 0 Å². The van der Waals surface area contributed by atoms with Gasteiger partial charge in [-0.2, -0.15) is 0 Å². The summed E-state index contributed by atoms with van der Waals surface area (Å²) in [5, 5.41) is 10.8. The average molecular weight is 240 g/mol. The molecule has 7 fully saturated rings. The van der Waals surface area contributed by atoms with Gasteiger partial charge in [0.2, 0.25) is 0 Å². The molecule has 2 aliphatic carbocycles. The van der Waals surface area contributed by atoms with Gasteiger partial charge in [-0.1, -0.05) is 0 Å². The lowest BCUT2D eigenvalue weighted by atomic mass is 9.53. The fraction of sp³-hybridized carbons (Fsp3) is 0.917. The number of hydrogen-bond acceptors (Lipinski definition) is 5. The zero-order valence-electron chi connectivity index (χ0n) is 9.67. The van der Waals surface area contributed by atoms with Gasteiger partial charge in [0.25, 0.3) is 0 Å². The fourth-order valence-electron chi connectivity index (χ4n) is 4.16. The molecule has 7 aliphatic rings. The van der Waals surface area contributed by atoms with E-state index in [1.807, 2.05) is 6.92 Å². The highest BCUT2D eigenvalue weighted by molar-refractivity contribution is 5.90. The molecule has 5 aliphatic heterocycles. The van der Waals surface area contributed by atoms with Crippen molar-refractivity contribution in [3.8, 4) is 0 Å². The Balaban J connectivity index is 1.79. The Bertz CT molecular complexity index is 383. The van der Waals surface area contributed by atoms with E-state index in [0.29, 0.717) is 13.0 Å². The number of hydrogen-bond donors (Lipinski definition) is 1. The number of Topliss-reactive ketones (excluding diaryl/α,β-unsaturated/α-hetero) is 1. The summed E-state index contributed by atoms with van der Waals surface area (Å²) < 4.78 is 16.9. The third-order valence-electron chi connectivity index (χ3n) is 4.80. The van der Waals surface area contributed by atoms with Crippen molar-refractivity contribution in [1.29, 1.82) is 0 Å². The van der Waals surface area contributed by atoms with Crippen LogP contribution < -0.4 is 0 Å². The minimum Gasteiger partial charge on any atom is -0.387 e. The van der Waals surface area contributed by atoms with Gasteiger partial charge in [0.15, 0.2) is 12.1 Å². The predicted molar refractivity (Wildman–Crippen MR) is 55.1 cm³/mol. The average Bonchev–Trinajstić information content (AvgIpc) is 2.30. The van der Waals surface area contributed by atoms with Gasteiger partial charge in [0.05, 0.1) is 17.9 Å². The molecule has 2 saturated carbocycles. The van der Waals surface area contributed by atoms with E-state index < -0.39 is 24.1 Å². The summed E-state index contributed by atoms with van der Waals surface area (Å²) in [5.41, 5.74) is -0.921. The molecule has 0 amide bonds. The van der Waals surface area contributed by atoms with E-state index in [0.717, 1.165) is 6.42 Å². The molecule has 1 N–H and O–H groups in total. The van der Waals surface area contributed by atoms with Crippen molar-refractivity contribution in [2.24, 2.45) is 11.8 Å². The molecular formula is C12H16O5. The second-order valence-corrected chi connectivity index (χ2v) is 5.46. The molecule has 0 spiro atoms. The highest BCUT2D eigenvalue weighted by Gasteiger charge is 2.74. The van der Waals surface area contributed by atoms with E-state index in [-0.39, 0.29) is 23.7 Å². The second kappa shape index (κ2) is 3.09. The molecule has 0 aromatic heterocycles. The van der Waals surface area contributed by atoms with Crippen LogP contribution in [-0.2, 0) is 19.0 Å². The quantitative estimate of drug-likeness (QED) is 0.727. The maximum absolute atomic E-state index is 12.2. The van der Waals surface area contributed by atoms with E-state index in [2.05, 4.69) is 0 Å². The molecule has 0 radical (unpaired) electrons. The summed E-state index contributed by atoms with van der Waals surface area (Å²) in [4.78, 5) is 12.2. The first-order valence-corrected chi connectivity index (χ1v) is 6.35. The molecule has 7 atom stereocenters. The number of carbonyl (C=O) groups is 1. The lowest BCUT2D eigenvalue weighted by Gasteiger charge is -2.67. The Morgan fingerprint density at radius 1 is 1.53 bits per heavy atom. The SMILES string of the molecule is CCO[C@@H]1OC2C(=O)C3C4CC[C@@](O)(C2O4)C31. The smallest absolute Gasteiger partial charge is 0.170 e. The Morgan fingerprint density at radius 2 is 2.35 bits per heavy atom. The first-order valence-electron chi connectivity index (χ1n) is 6.35. The predicted octanol–water partition coefficient (Wildman–Crippen LogP) is -0.145. The summed E-state index contributed by atoms with van der Waals surface area (Å²) in [6.07, 6.45) is -0.107. The maximum atomic E-state index is 12.2. The molecule has 94 valence electrons. The molecule has 5 saturated heterocycles. The van der Waals surface area contributed by atoms with Crippen LogP contribution in [0.25, 0.3) is 0 Å². The molecule has 7 rings (SSSR count). The zero-order chi connectivity index (χ0) is 11.8. The van der Waals surface area contributed by atoms with Gasteiger partial charge in [-0.05, 0) is 19.8 Å². The van der Waals surface area contributed by atoms with Crippen molar-refractivity contribution in [1.82, 2.24) is 0 Å². The van der Waals surface area contributed by atoms with Gasteiger partial charge in [0.1, 0.15) is 17.8 Å². The number of ether oxygens (including phenoxy) is 3. The minimum absolute atomic E-state index is 0.0327. The zero-order valence-corrected chi connectivity index (χ0v) is 9.67. The van der Waals surface area contributed by atoms with Crippen LogP contribution in [0.3, 0.4) is 0 Å². The van der Waals surface area contributed by atoms with Crippen molar-refractivity contribution in [2.45, 2.75) is 50.0 Å². The lowest BCUT2D eigenvalue weighted by Crippen LogP contribution is -2.82. The summed E-state index contributed by atoms with van der Waals surface area (Å²) in [5.74, 6) is -0.358. The Labute approximate surface area is 99.0 Å². The van der Waals surface area contributed by atoms with Crippen LogP contribution in [0.4, 0.5) is 0 Å². The van der Waals surface area contributed by atoms with Crippen LogP contribution in [0.1, 0.15) is 19.8 Å². The highest BCUT2D eigenvalue weighted by atomic mass is 16.7. The third-order valence-corrected chi connectivity index (χ3v) is 4.80. The molecule has 5 heterocycles. The van der Waals surface area contributed by atoms with Crippen LogP contribution in [0.5, 0.6) is 0 Å². The first-order chi connectivity index (χ1) is 8.16. The topological polar surface area (TPSA) is 65.0 Å². The summed E-state index contributed by atoms with van der Waals surface area (Å²) in [6, 6.07) is 0. The second-order valence-electron chi connectivity index (χ2n) is 5.46. The van der Waals surface area contributed by atoms with Gasteiger partial charge in [0, 0.05) is 6.61 Å². The van der Waals surface area contributed by atoms with Gasteiger partial charge in [-0.25, -0.2) is 0 Å². The third kappa shape index (κ3) is 1.03. The molecule has 0 aromatic carbocycles. The standard InChI is InChI=1S/C12H16O5/c1-2-15-11-7-6-5-3-4-12(7,14)10(16-5)9(17-11)8(6)13/h5-7,9-11,14H,2-4H2,1H3/t5?,6?,7?,9?,10?,11-,12+/m1/s1. The van der Waals surface area contributed by atoms with E-state index in [1.165, 1.54) is 0 Å². The number of carbonyl (C=O) groups excluding carboxylic acids is 1. The number of ketones is 1. The van der Waals surface area contributed by atoms with Crippen LogP contribution >= 0.6 is 0 Å². The number of aliphatic hydroxyl groups is 1. The van der Waals surface area contributed by atoms with E-state index in [1.54, 1.807) is 0 Å². The monoisotopic (exact) mass is 240 g/mol. The van der Waals surface area contributed by atoms with Crippen LogP contribution in [0, 0.1) is 11.8 Å². The molecule has 0 aromatic rings. The van der Waals surface area contributed by atoms with E-state index in [4.69, 9.17) is 14.2 Å². The van der Waals surface area contributed by atoms with Gasteiger partial charge >= 0.3 is 0 Å². The van der Waals surface area contributed by atoms with Crippen molar-refractivity contribution in [3.05, 3.63) is 0 Å². The largest absolute Gasteiger partial charge is 0.387 e. The summed E-state index contributed by atoms with van der Waals surface area (Å²) in [6.45, 7) is 2.42. The Morgan fingerprint density at radius 3 is 3.12 bits per heavy atom. The molecule has 5 heteroatoms. The Kier molecular flexibility index (Phi) is 1.90. The lowest BCUT2D eigenvalue weighted by molar-refractivity contribution is -0.398. The van der Waals surface area contributed by atoms with E-state index in [9.17, 15) is 9.90 Å². The van der Waals surface area contributed by atoms with E-state index >= 15 is 0 Å².